The van der Waals surface area contributed by atoms with Gasteiger partial charge in [-0.2, -0.15) is 0 Å². The number of amides is 3. The molecule has 0 aliphatic carbocycles. The van der Waals surface area contributed by atoms with E-state index in [0.29, 0.717) is 11.3 Å². The van der Waals surface area contributed by atoms with Crippen LogP contribution < -0.4 is 4.74 Å². The van der Waals surface area contributed by atoms with Crippen molar-refractivity contribution < 1.29 is 38.7 Å². The van der Waals surface area contributed by atoms with E-state index in [9.17, 15) is 34.4 Å². The standard InChI is InChI=1S/C31H27N3O9/c1-18(35)26(31(39)43-17-20-8-12-22(42-2)13-9-20)32-25(15-10-19-6-4-3-5-7-19)27(30(32)38)33-28(36)23-14-11-21(34(40)41)16-24(23)29(33)37/h3-16,18,25-27,35H,17H2,1-2H3/b15-10+. The first kappa shape index (κ1) is 29.1. The number of imide groups is 1. The first-order valence-electron chi connectivity index (χ1n) is 13.3. The molecule has 12 heteroatoms. The van der Waals surface area contributed by atoms with Crippen LogP contribution in [0.15, 0.2) is 78.9 Å². The molecule has 0 bridgehead atoms. The number of hydrogen-bond acceptors (Lipinski definition) is 9. The van der Waals surface area contributed by atoms with Gasteiger partial charge in [-0.25, -0.2) is 4.79 Å². The van der Waals surface area contributed by atoms with E-state index in [0.717, 1.165) is 27.5 Å². The topological polar surface area (TPSA) is 157 Å². The van der Waals surface area contributed by atoms with Crippen molar-refractivity contribution in [3.05, 3.63) is 111 Å². The third-order valence-electron chi connectivity index (χ3n) is 7.37. The molecule has 1 saturated heterocycles. The van der Waals surface area contributed by atoms with Gasteiger partial charge < -0.3 is 19.5 Å². The Bertz CT molecular complexity index is 1620. The number of rotatable bonds is 10. The van der Waals surface area contributed by atoms with E-state index >= 15 is 0 Å². The Morgan fingerprint density at radius 3 is 2.33 bits per heavy atom. The van der Waals surface area contributed by atoms with E-state index in [1.54, 1.807) is 60.7 Å². The Balaban J connectivity index is 1.44. The van der Waals surface area contributed by atoms with Gasteiger partial charge in [0.25, 0.3) is 17.5 Å². The minimum absolute atomic E-state index is 0.0707. The molecule has 3 aromatic rings. The van der Waals surface area contributed by atoms with Crippen molar-refractivity contribution in [1.29, 1.82) is 0 Å². The van der Waals surface area contributed by atoms with E-state index in [2.05, 4.69) is 0 Å². The van der Waals surface area contributed by atoms with Crippen molar-refractivity contribution in [1.82, 2.24) is 9.80 Å². The van der Waals surface area contributed by atoms with E-state index in [4.69, 9.17) is 9.47 Å². The van der Waals surface area contributed by atoms with Crippen molar-refractivity contribution in [3.8, 4) is 5.75 Å². The van der Waals surface area contributed by atoms with Crippen molar-refractivity contribution in [3.63, 3.8) is 0 Å². The number of carbonyl (C=O) groups excluding carboxylic acids is 4. The molecule has 0 radical (unpaired) electrons. The van der Waals surface area contributed by atoms with E-state index in [1.165, 1.54) is 20.1 Å². The molecule has 12 nitrogen and oxygen atoms in total. The van der Waals surface area contributed by atoms with Crippen LogP contribution in [0.1, 0.15) is 38.8 Å². The highest BCUT2D eigenvalue weighted by atomic mass is 16.6. The maximum atomic E-state index is 13.7. The summed E-state index contributed by atoms with van der Waals surface area (Å²) in [6.45, 7) is 1.19. The molecule has 4 unspecified atom stereocenters. The number of benzene rings is 3. The summed E-state index contributed by atoms with van der Waals surface area (Å²) in [5.74, 6) is -2.69. The van der Waals surface area contributed by atoms with Crippen molar-refractivity contribution in [2.24, 2.45) is 0 Å². The first-order valence-corrected chi connectivity index (χ1v) is 13.3. The molecule has 0 spiro atoms. The van der Waals surface area contributed by atoms with Crippen LogP contribution in [0.25, 0.3) is 6.08 Å². The molecule has 5 rings (SSSR count). The highest BCUT2D eigenvalue weighted by Gasteiger charge is 2.59. The summed E-state index contributed by atoms with van der Waals surface area (Å²) >= 11 is 0. The molecule has 0 aromatic heterocycles. The minimum atomic E-state index is -1.45. The molecule has 3 aromatic carbocycles. The molecule has 3 amide bonds. The maximum Gasteiger partial charge on any atom is 0.331 e. The molecule has 0 saturated carbocycles. The number of fused-ring (bicyclic) bond motifs is 1. The Hall–Kier alpha value is -5.36. The fourth-order valence-electron chi connectivity index (χ4n) is 5.19. The van der Waals surface area contributed by atoms with E-state index in [-0.39, 0.29) is 23.4 Å². The van der Waals surface area contributed by atoms with Crippen molar-refractivity contribution in [2.45, 2.75) is 37.8 Å². The lowest BCUT2D eigenvalue weighted by Gasteiger charge is -2.51. The van der Waals surface area contributed by atoms with Gasteiger partial charge in [-0.15, -0.1) is 0 Å². The highest BCUT2D eigenvalue weighted by Crippen LogP contribution is 2.37. The van der Waals surface area contributed by atoms with Gasteiger partial charge in [-0.1, -0.05) is 54.6 Å². The number of nitro benzene ring substituents is 1. The molecule has 1 fully saturated rings. The highest BCUT2D eigenvalue weighted by molar-refractivity contribution is 6.23. The predicted octanol–water partition coefficient (Wildman–Crippen LogP) is 2.99. The number of likely N-dealkylation sites (tertiary alicyclic amines) is 1. The Kier molecular flexibility index (Phi) is 8.04. The number of carbonyl (C=O) groups is 4. The van der Waals surface area contributed by atoms with E-state index in [1.807, 2.05) is 6.07 Å². The Labute approximate surface area is 245 Å². The van der Waals surface area contributed by atoms with Gasteiger partial charge in [0, 0.05) is 12.1 Å². The van der Waals surface area contributed by atoms with Crippen LogP contribution in [0.3, 0.4) is 0 Å². The number of nitrogens with zero attached hydrogens (tertiary/aromatic N) is 3. The number of hydrogen-bond donors (Lipinski definition) is 1. The second-order valence-corrected chi connectivity index (χ2v) is 10.1. The molecule has 1 N–H and O–H groups in total. The summed E-state index contributed by atoms with van der Waals surface area (Å²) in [6.07, 6.45) is 1.87. The largest absolute Gasteiger partial charge is 0.497 e. The van der Waals surface area contributed by atoms with Gasteiger partial charge in [0.2, 0.25) is 5.91 Å². The average molecular weight is 586 g/mol. The number of ether oxygens (including phenoxy) is 2. The van der Waals surface area contributed by atoms with Gasteiger partial charge in [-0.05, 0) is 36.2 Å². The van der Waals surface area contributed by atoms with Crippen LogP contribution in [-0.2, 0) is 20.9 Å². The van der Waals surface area contributed by atoms with Crippen molar-refractivity contribution in [2.75, 3.05) is 7.11 Å². The molecule has 2 aliphatic rings. The van der Waals surface area contributed by atoms with Gasteiger partial charge in [0.1, 0.15) is 18.4 Å². The number of β-lactam (4-membered cyclic amide) rings is 1. The number of non-ortho nitro benzene ring substituents is 1. The molecule has 2 aliphatic heterocycles. The molecular weight excluding hydrogens is 558 g/mol. The average Bonchev–Trinajstić information content (AvgIpc) is 3.25. The normalized spacial score (nSPS) is 19.2. The number of esters is 1. The summed E-state index contributed by atoms with van der Waals surface area (Å²) in [7, 11) is 1.52. The quantitative estimate of drug-likeness (QED) is 0.124. The Morgan fingerprint density at radius 2 is 1.70 bits per heavy atom. The lowest BCUT2D eigenvalue weighted by atomic mass is 9.88. The number of aliphatic hydroxyl groups excluding tert-OH is 1. The third-order valence-corrected chi connectivity index (χ3v) is 7.37. The SMILES string of the molecule is COc1ccc(COC(=O)C(C(C)O)N2C(=O)C(N3C(=O)c4ccc([N+](=O)[O-])cc4C3=O)C2/C=C/c2ccccc2)cc1. The van der Waals surface area contributed by atoms with Crippen LogP contribution in [-0.4, -0.2) is 74.9 Å². The zero-order valence-electron chi connectivity index (χ0n) is 23.2. The first-order chi connectivity index (χ1) is 20.6. The van der Waals surface area contributed by atoms with Gasteiger partial charge in [0.15, 0.2) is 6.04 Å². The lowest BCUT2D eigenvalue weighted by Crippen LogP contribution is -2.75. The number of nitro groups is 1. The van der Waals surface area contributed by atoms with Gasteiger partial charge in [0.05, 0.1) is 35.3 Å². The van der Waals surface area contributed by atoms with Crippen LogP contribution >= 0.6 is 0 Å². The van der Waals surface area contributed by atoms with Crippen LogP contribution in [0.4, 0.5) is 5.69 Å². The summed E-state index contributed by atoms with van der Waals surface area (Å²) in [5, 5.41) is 21.9. The van der Waals surface area contributed by atoms with Crippen LogP contribution in [0.5, 0.6) is 5.75 Å². The summed E-state index contributed by atoms with van der Waals surface area (Å²) < 4.78 is 10.6. The van der Waals surface area contributed by atoms with Crippen LogP contribution in [0, 0.1) is 10.1 Å². The minimum Gasteiger partial charge on any atom is -0.497 e. The maximum absolute atomic E-state index is 13.7. The van der Waals surface area contributed by atoms with Crippen LogP contribution in [0.2, 0.25) is 0 Å². The molecule has 220 valence electrons. The monoisotopic (exact) mass is 585 g/mol. The predicted molar refractivity (Wildman–Crippen MR) is 152 cm³/mol. The summed E-state index contributed by atoms with van der Waals surface area (Å²) in [6, 6.07) is 15.3. The molecule has 4 atom stereocenters. The molecule has 2 heterocycles. The van der Waals surface area contributed by atoms with E-state index < -0.39 is 52.8 Å². The number of methoxy groups -OCH3 is 1. The lowest BCUT2D eigenvalue weighted by molar-refractivity contribution is -0.384. The van der Waals surface area contributed by atoms with Gasteiger partial charge in [-0.3, -0.25) is 29.4 Å². The molecule has 43 heavy (non-hydrogen) atoms. The second-order valence-electron chi connectivity index (χ2n) is 10.1. The van der Waals surface area contributed by atoms with Crippen molar-refractivity contribution >= 4 is 35.5 Å². The molecular formula is C31H27N3O9. The fraction of sp³-hybridized carbons (Fsp3) is 0.226. The third kappa shape index (κ3) is 5.47. The fourth-order valence-corrected chi connectivity index (χ4v) is 5.19. The smallest absolute Gasteiger partial charge is 0.331 e. The Morgan fingerprint density at radius 1 is 1.02 bits per heavy atom. The zero-order valence-corrected chi connectivity index (χ0v) is 23.2. The summed E-state index contributed by atoms with van der Waals surface area (Å²) in [5.41, 5.74) is 0.750. The number of aliphatic hydroxyl groups is 1. The van der Waals surface area contributed by atoms with Gasteiger partial charge >= 0.3 is 5.97 Å². The zero-order chi connectivity index (χ0) is 30.8. The second kappa shape index (κ2) is 11.9. The summed E-state index contributed by atoms with van der Waals surface area (Å²) in [4.78, 5) is 66.1.